The van der Waals surface area contributed by atoms with E-state index in [9.17, 15) is 0 Å². The molecule has 4 heteroatoms. The highest BCUT2D eigenvalue weighted by Crippen LogP contribution is 2.23. The maximum absolute atomic E-state index is 5.59. The molecule has 0 saturated heterocycles. The average molecular weight is 215 g/mol. The lowest BCUT2D eigenvalue weighted by Crippen LogP contribution is -1.94. The van der Waals surface area contributed by atoms with Gasteiger partial charge in [-0.15, -0.1) is 0 Å². The summed E-state index contributed by atoms with van der Waals surface area (Å²) in [5.41, 5.74) is 7.71. The van der Waals surface area contributed by atoms with Gasteiger partial charge in [0.25, 0.3) is 0 Å². The fraction of sp³-hybridized carbons (Fsp3) is 0.167. The number of anilines is 1. The molecule has 1 heterocycles. The number of hydrogen-bond acceptors (Lipinski definition) is 4. The first-order valence-electron chi connectivity index (χ1n) is 4.98. The minimum atomic E-state index is 0.382. The van der Waals surface area contributed by atoms with Crippen LogP contribution in [0.15, 0.2) is 30.6 Å². The molecular formula is C12H13N3O. The van der Waals surface area contributed by atoms with Gasteiger partial charge in [-0.3, -0.25) is 0 Å². The first kappa shape index (κ1) is 10.4. The third-order valence-corrected chi connectivity index (χ3v) is 2.19. The molecule has 0 radical (unpaired) electrons. The SMILES string of the molecule is Cc1ccc(Oc2cnc(N)cn2)c(C)c1. The Morgan fingerprint density at radius 1 is 1.12 bits per heavy atom. The molecule has 0 fully saturated rings. The number of aromatic nitrogens is 2. The molecule has 0 aliphatic heterocycles. The number of ether oxygens (including phenoxy) is 1. The molecule has 0 spiro atoms. The lowest BCUT2D eigenvalue weighted by atomic mass is 10.1. The van der Waals surface area contributed by atoms with Crippen molar-refractivity contribution in [2.75, 3.05) is 5.73 Å². The van der Waals surface area contributed by atoms with E-state index in [1.807, 2.05) is 26.0 Å². The summed E-state index contributed by atoms with van der Waals surface area (Å²) in [5.74, 6) is 1.61. The molecule has 0 amide bonds. The summed E-state index contributed by atoms with van der Waals surface area (Å²) in [6, 6.07) is 5.97. The number of rotatable bonds is 2. The first-order valence-corrected chi connectivity index (χ1v) is 4.98. The monoisotopic (exact) mass is 215 g/mol. The zero-order chi connectivity index (χ0) is 11.5. The van der Waals surface area contributed by atoms with E-state index in [4.69, 9.17) is 10.5 Å². The molecule has 2 rings (SSSR count). The van der Waals surface area contributed by atoms with Gasteiger partial charge >= 0.3 is 0 Å². The quantitative estimate of drug-likeness (QED) is 0.835. The van der Waals surface area contributed by atoms with E-state index < -0.39 is 0 Å². The van der Waals surface area contributed by atoms with Crippen molar-refractivity contribution in [1.29, 1.82) is 0 Å². The maximum Gasteiger partial charge on any atom is 0.237 e. The molecular weight excluding hydrogens is 202 g/mol. The van der Waals surface area contributed by atoms with Gasteiger partial charge in [0, 0.05) is 0 Å². The molecule has 0 aliphatic carbocycles. The summed E-state index contributed by atoms with van der Waals surface area (Å²) in [6.07, 6.45) is 2.98. The second kappa shape index (κ2) is 4.18. The van der Waals surface area contributed by atoms with Crippen LogP contribution in [0.5, 0.6) is 11.6 Å². The molecule has 2 aromatic rings. The molecule has 82 valence electrons. The molecule has 0 unspecified atom stereocenters. The standard InChI is InChI=1S/C12H13N3O/c1-8-3-4-10(9(2)5-8)16-12-7-14-11(13)6-15-12/h3-7H,1-2H3,(H2,13,14). The Bertz CT molecular complexity index is 494. The van der Waals surface area contributed by atoms with Crippen molar-refractivity contribution < 1.29 is 4.74 Å². The van der Waals surface area contributed by atoms with Gasteiger partial charge in [0.15, 0.2) is 0 Å². The molecule has 0 bridgehead atoms. The third-order valence-electron chi connectivity index (χ3n) is 2.19. The maximum atomic E-state index is 5.59. The molecule has 2 N–H and O–H groups in total. The highest BCUT2D eigenvalue weighted by molar-refractivity contribution is 5.38. The highest BCUT2D eigenvalue weighted by Gasteiger charge is 2.02. The van der Waals surface area contributed by atoms with Gasteiger partial charge in [0.05, 0.1) is 12.4 Å². The Morgan fingerprint density at radius 3 is 2.56 bits per heavy atom. The molecule has 0 saturated carbocycles. The molecule has 1 aromatic carbocycles. The number of benzene rings is 1. The van der Waals surface area contributed by atoms with Crippen LogP contribution in [-0.4, -0.2) is 9.97 Å². The van der Waals surface area contributed by atoms with Gasteiger partial charge in [-0.1, -0.05) is 17.7 Å². The molecule has 16 heavy (non-hydrogen) atoms. The van der Waals surface area contributed by atoms with Crippen LogP contribution < -0.4 is 10.5 Å². The Hall–Kier alpha value is -2.10. The van der Waals surface area contributed by atoms with E-state index in [1.165, 1.54) is 18.0 Å². The Kier molecular flexibility index (Phi) is 2.72. The Morgan fingerprint density at radius 2 is 1.94 bits per heavy atom. The smallest absolute Gasteiger partial charge is 0.237 e. The van der Waals surface area contributed by atoms with E-state index in [0.717, 1.165) is 11.3 Å². The van der Waals surface area contributed by atoms with Crippen molar-refractivity contribution in [2.24, 2.45) is 0 Å². The van der Waals surface area contributed by atoms with Crippen LogP contribution >= 0.6 is 0 Å². The second-order valence-corrected chi connectivity index (χ2v) is 3.65. The van der Waals surface area contributed by atoms with Crippen molar-refractivity contribution in [3.05, 3.63) is 41.7 Å². The van der Waals surface area contributed by atoms with Gasteiger partial charge in [-0.2, -0.15) is 0 Å². The van der Waals surface area contributed by atoms with Crippen LogP contribution in [0, 0.1) is 13.8 Å². The topological polar surface area (TPSA) is 61.0 Å². The minimum Gasteiger partial charge on any atom is -0.437 e. The minimum absolute atomic E-state index is 0.382. The van der Waals surface area contributed by atoms with E-state index in [1.54, 1.807) is 0 Å². The lowest BCUT2D eigenvalue weighted by Gasteiger charge is -2.07. The molecule has 0 atom stereocenters. The summed E-state index contributed by atoms with van der Waals surface area (Å²) in [7, 11) is 0. The predicted octanol–water partition coefficient (Wildman–Crippen LogP) is 2.47. The van der Waals surface area contributed by atoms with Gasteiger partial charge in [-0.25, -0.2) is 9.97 Å². The summed E-state index contributed by atoms with van der Waals surface area (Å²) in [4.78, 5) is 7.94. The van der Waals surface area contributed by atoms with E-state index in [2.05, 4.69) is 16.0 Å². The van der Waals surface area contributed by atoms with Gasteiger partial charge < -0.3 is 10.5 Å². The fourth-order valence-corrected chi connectivity index (χ4v) is 1.41. The first-order chi connectivity index (χ1) is 7.65. The van der Waals surface area contributed by atoms with Gasteiger partial charge in [-0.05, 0) is 25.5 Å². The number of nitrogens with two attached hydrogens (primary N) is 1. The molecule has 4 nitrogen and oxygen atoms in total. The predicted molar refractivity (Wildman–Crippen MR) is 62.4 cm³/mol. The second-order valence-electron chi connectivity index (χ2n) is 3.65. The number of hydrogen-bond donors (Lipinski definition) is 1. The largest absolute Gasteiger partial charge is 0.437 e. The summed E-state index contributed by atoms with van der Waals surface area (Å²) < 4.78 is 5.59. The van der Waals surface area contributed by atoms with Crippen LogP contribution in [0.3, 0.4) is 0 Å². The van der Waals surface area contributed by atoms with Crippen LogP contribution in [0.1, 0.15) is 11.1 Å². The number of nitrogens with zero attached hydrogens (tertiary/aromatic N) is 2. The van der Waals surface area contributed by atoms with E-state index >= 15 is 0 Å². The van der Waals surface area contributed by atoms with Crippen molar-refractivity contribution in [2.45, 2.75) is 13.8 Å². The zero-order valence-electron chi connectivity index (χ0n) is 9.27. The van der Waals surface area contributed by atoms with Crippen LogP contribution in [-0.2, 0) is 0 Å². The van der Waals surface area contributed by atoms with Gasteiger partial charge in [0.1, 0.15) is 11.6 Å². The summed E-state index contributed by atoms with van der Waals surface area (Å²) in [5, 5.41) is 0. The summed E-state index contributed by atoms with van der Waals surface area (Å²) >= 11 is 0. The van der Waals surface area contributed by atoms with Gasteiger partial charge in [0.2, 0.25) is 5.88 Å². The normalized spacial score (nSPS) is 10.1. The lowest BCUT2D eigenvalue weighted by molar-refractivity contribution is 0.457. The summed E-state index contributed by atoms with van der Waals surface area (Å²) in [6.45, 7) is 4.03. The molecule has 1 aromatic heterocycles. The van der Waals surface area contributed by atoms with Crippen LogP contribution in [0.25, 0.3) is 0 Å². The Balaban J connectivity index is 2.23. The number of aryl methyl sites for hydroxylation is 2. The van der Waals surface area contributed by atoms with Crippen LogP contribution in [0.4, 0.5) is 5.82 Å². The van der Waals surface area contributed by atoms with Crippen molar-refractivity contribution >= 4 is 5.82 Å². The van der Waals surface area contributed by atoms with Crippen molar-refractivity contribution in [1.82, 2.24) is 9.97 Å². The average Bonchev–Trinajstić information content (AvgIpc) is 2.25. The number of nitrogen functional groups attached to an aromatic ring is 1. The van der Waals surface area contributed by atoms with Crippen molar-refractivity contribution in [3.8, 4) is 11.6 Å². The third kappa shape index (κ3) is 2.28. The Labute approximate surface area is 94.1 Å². The van der Waals surface area contributed by atoms with Crippen molar-refractivity contribution in [3.63, 3.8) is 0 Å². The highest BCUT2D eigenvalue weighted by atomic mass is 16.5. The molecule has 0 aliphatic rings. The van der Waals surface area contributed by atoms with E-state index in [-0.39, 0.29) is 0 Å². The zero-order valence-corrected chi connectivity index (χ0v) is 9.27. The fourth-order valence-electron chi connectivity index (χ4n) is 1.41. The van der Waals surface area contributed by atoms with E-state index in [0.29, 0.717) is 11.7 Å². The van der Waals surface area contributed by atoms with Crippen LogP contribution in [0.2, 0.25) is 0 Å².